The molecule has 0 amide bonds. The van der Waals surface area contributed by atoms with Gasteiger partial charge in [0.25, 0.3) is 10.1 Å². The van der Waals surface area contributed by atoms with Crippen LogP contribution >= 0.6 is 0 Å². The number of phenols is 1. The van der Waals surface area contributed by atoms with Gasteiger partial charge in [0.15, 0.2) is 18.1 Å². The summed E-state index contributed by atoms with van der Waals surface area (Å²) in [6.45, 7) is 3.71. The van der Waals surface area contributed by atoms with Crippen molar-refractivity contribution in [3.05, 3.63) is 54.1 Å². The van der Waals surface area contributed by atoms with Crippen LogP contribution in [0.1, 0.15) is 25.5 Å². The van der Waals surface area contributed by atoms with Crippen molar-refractivity contribution in [2.45, 2.75) is 26.0 Å². The van der Waals surface area contributed by atoms with E-state index in [0.717, 1.165) is 6.26 Å². The molecular formula is C20H25NO7S. The molecule has 0 bridgehead atoms. The first-order chi connectivity index (χ1) is 13.6. The molecule has 0 aliphatic carbocycles. The summed E-state index contributed by atoms with van der Waals surface area (Å²) in [5.41, 5.74) is 0.418. The molecule has 2 N–H and O–H groups in total. The van der Waals surface area contributed by atoms with Crippen LogP contribution in [0, 0.1) is 0 Å². The molecule has 0 aliphatic rings. The molecule has 0 saturated heterocycles. The first kappa shape index (κ1) is 22.7. The van der Waals surface area contributed by atoms with Crippen molar-refractivity contribution >= 4 is 16.1 Å². The smallest absolute Gasteiger partial charge is 0.349 e. The highest BCUT2D eigenvalue weighted by atomic mass is 32.2. The van der Waals surface area contributed by atoms with E-state index in [1.165, 1.54) is 18.2 Å². The van der Waals surface area contributed by atoms with E-state index in [2.05, 4.69) is 5.32 Å². The fourth-order valence-corrected chi connectivity index (χ4v) is 2.99. The zero-order valence-corrected chi connectivity index (χ0v) is 17.3. The van der Waals surface area contributed by atoms with Crippen molar-refractivity contribution < 1.29 is 32.0 Å². The summed E-state index contributed by atoms with van der Waals surface area (Å²) < 4.78 is 38.6. The van der Waals surface area contributed by atoms with Crippen molar-refractivity contribution in [3.8, 4) is 17.2 Å². The molecule has 0 radical (unpaired) electrons. The van der Waals surface area contributed by atoms with Crippen LogP contribution in [0.15, 0.2) is 48.5 Å². The standard InChI is InChI=1S/C20H25NO7S/c1-14(2)21-12-19(28-29(3,24)25)15-9-10-18(17(22)11-15)27-20(23)13-26-16-7-5-4-6-8-16/h4-11,14,19,21-22H,12-13H2,1-3H3. The number of carbonyl (C=O) groups excluding carboxylic acids is 1. The zero-order valence-electron chi connectivity index (χ0n) is 16.5. The maximum atomic E-state index is 11.9. The molecular weight excluding hydrogens is 398 g/mol. The number of para-hydroxylation sites is 1. The van der Waals surface area contributed by atoms with E-state index in [9.17, 15) is 18.3 Å². The summed E-state index contributed by atoms with van der Waals surface area (Å²) in [5.74, 6) is -0.558. The van der Waals surface area contributed by atoms with E-state index in [1.54, 1.807) is 24.3 Å². The van der Waals surface area contributed by atoms with Gasteiger partial charge >= 0.3 is 5.97 Å². The zero-order chi connectivity index (χ0) is 21.4. The number of nitrogens with one attached hydrogen (secondary N) is 1. The third kappa shape index (κ3) is 8.10. The maximum absolute atomic E-state index is 11.9. The number of ether oxygens (including phenoxy) is 2. The molecule has 158 valence electrons. The molecule has 0 saturated carbocycles. The highest BCUT2D eigenvalue weighted by Crippen LogP contribution is 2.31. The summed E-state index contributed by atoms with van der Waals surface area (Å²) in [7, 11) is -3.72. The molecule has 2 rings (SSSR count). The molecule has 0 heterocycles. The molecule has 0 spiro atoms. The van der Waals surface area contributed by atoms with Gasteiger partial charge < -0.3 is 19.9 Å². The molecule has 2 aromatic rings. The van der Waals surface area contributed by atoms with Gasteiger partial charge in [0.05, 0.1) is 6.26 Å². The van der Waals surface area contributed by atoms with Crippen LogP contribution in [-0.4, -0.2) is 44.9 Å². The van der Waals surface area contributed by atoms with Crippen molar-refractivity contribution in [1.82, 2.24) is 5.32 Å². The Balaban J connectivity index is 2.05. The SMILES string of the molecule is CC(C)NCC(OS(C)(=O)=O)c1ccc(OC(=O)COc2ccccc2)c(O)c1. The van der Waals surface area contributed by atoms with E-state index < -0.39 is 22.2 Å². The van der Waals surface area contributed by atoms with E-state index in [4.69, 9.17) is 13.7 Å². The molecule has 0 aliphatic heterocycles. The first-order valence-electron chi connectivity index (χ1n) is 8.97. The van der Waals surface area contributed by atoms with Crippen LogP contribution in [-0.2, 0) is 19.1 Å². The van der Waals surface area contributed by atoms with E-state index in [0.29, 0.717) is 11.3 Å². The summed E-state index contributed by atoms with van der Waals surface area (Å²) in [4.78, 5) is 11.9. The van der Waals surface area contributed by atoms with Gasteiger partial charge in [-0.3, -0.25) is 4.18 Å². The Morgan fingerprint density at radius 2 is 1.83 bits per heavy atom. The van der Waals surface area contributed by atoms with Gasteiger partial charge in [-0.15, -0.1) is 0 Å². The lowest BCUT2D eigenvalue weighted by molar-refractivity contribution is -0.136. The van der Waals surface area contributed by atoms with Gasteiger partial charge in [-0.2, -0.15) is 8.42 Å². The lowest BCUT2D eigenvalue weighted by Crippen LogP contribution is -2.30. The van der Waals surface area contributed by atoms with Crippen LogP contribution in [0.2, 0.25) is 0 Å². The molecule has 1 unspecified atom stereocenters. The lowest BCUT2D eigenvalue weighted by Gasteiger charge is -2.19. The van der Waals surface area contributed by atoms with Crippen molar-refractivity contribution in [2.75, 3.05) is 19.4 Å². The number of phenolic OH excluding ortho intramolecular Hbond substituents is 1. The van der Waals surface area contributed by atoms with Gasteiger partial charge in [-0.1, -0.05) is 38.1 Å². The highest BCUT2D eigenvalue weighted by molar-refractivity contribution is 7.86. The minimum absolute atomic E-state index is 0.0645. The Morgan fingerprint density at radius 1 is 1.14 bits per heavy atom. The maximum Gasteiger partial charge on any atom is 0.349 e. The fourth-order valence-electron chi connectivity index (χ4n) is 2.39. The summed E-state index contributed by atoms with van der Waals surface area (Å²) >= 11 is 0. The van der Waals surface area contributed by atoms with Gasteiger partial charge in [0.1, 0.15) is 11.9 Å². The Bertz CT molecular complexity index is 914. The number of hydrogen-bond acceptors (Lipinski definition) is 8. The second kappa shape index (κ2) is 10.2. The predicted octanol–water partition coefficient (Wildman–Crippen LogP) is 2.39. The van der Waals surface area contributed by atoms with Crippen molar-refractivity contribution in [2.24, 2.45) is 0 Å². The normalized spacial score (nSPS) is 12.6. The van der Waals surface area contributed by atoms with Gasteiger partial charge in [-0.25, -0.2) is 4.79 Å². The van der Waals surface area contributed by atoms with Crippen molar-refractivity contribution in [1.29, 1.82) is 0 Å². The monoisotopic (exact) mass is 423 g/mol. The molecule has 29 heavy (non-hydrogen) atoms. The quantitative estimate of drug-likeness (QED) is 0.340. The van der Waals surface area contributed by atoms with Crippen molar-refractivity contribution in [3.63, 3.8) is 0 Å². The number of esters is 1. The Morgan fingerprint density at radius 3 is 2.41 bits per heavy atom. The summed E-state index contributed by atoms with van der Waals surface area (Å²) in [5, 5.41) is 13.3. The van der Waals surface area contributed by atoms with Gasteiger partial charge in [0.2, 0.25) is 0 Å². The van der Waals surface area contributed by atoms with E-state index >= 15 is 0 Å². The third-order valence-corrected chi connectivity index (χ3v) is 4.26. The molecule has 0 fully saturated rings. The number of rotatable bonds is 10. The summed E-state index contributed by atoms with van der Waals surface area (Å²) in [6, 6.07) is 13.1. The second-order valence-electron chi connectivity index (χ2n) is 6.65. The topological polar surface area (TPSA) is 111 Å². The Labute approximate surface area is 170 Å². The minimum Gasteiger partial charge on any atom is -0.504 e. The molecule has 0 aromatic heterocycles. The van der Waals surface area contributed by atoms with Crippen LogP contribution in [0.3, 0.4) is 0 Å². The van der Waals surface area contributed by atoms with Gasteiger partial charge in [-0.05, 0) is 29.8 Å². The first-order valence-corrected chi connectivity index (χ1v) is 10.8. The molecule has 9 heteroatoms. The average molecular weight is 423 g/mol. The molecule has 8 nitrogen and oxygen atoms in total. The molecule has 1 atom stereocenters. The van der Waals surface area contributed by atoms with Gasteiger partial charge in [0, 0.05) is 12.6 Å². The number of benzene rings is 2. The van der Waals surface area contributed by atoms with Crippen LogP contribution in [0.25, 0.3) is 0 Å². The van der Waals surface area contributed by atoms with Crippen LogP contribution < -0.4 is 14.8 Å². The summed E-state index contributed by atoms with van der Waals surface area (Å²) in [6.07, 6.45) is 0.113. The minimum atomic E-state index is -3.72. The second-order valence-corrected chi connectivity index (χ2v) is 8.26. The predicted molar refractivity (Wildman–Crippen MR) is 107 cm³/mol. The van der Waals surface area contributed by atoms with E-state index in [1.807, 2.05) is 19.9 Å². The van der Waals surface area contributed by atoms with E-state index in [-0.39, 0.29) is 30.7 Å². The van der Waals surface area contributed by atoms with Crippen LogP contribution in [0.5, 0.6) is 17.2 Å². The molecule has 2 aromatic carbocycles. The lowest BCUT2D eigenvalue weighted by atomic mass is 10.1. The third-order valence-electron chi connectivity index (χ3n) is 3.68. The highest BCUT2D eigenvalue weighted by Gasteiger charge is 2.20. The largest absolute Gasteiger partial charge is 0.504 e. The Hall–Kier alpha value is -2.62. The fraction of sp³-hybridized carbons (Fsp3) is 0.350. The number of carbonyl (C=O) groups is 1. The van der Waals surface area contributed by atoms with Crippen LogP contribution in [0.4, 0.5) is 0 Å². The average Bonchev–Trinajstić information content (AvgIpc) is 2.65. The number of aromatic hydroxyl groups is 1. The number of hydrogen-bond donors (Lipinski definition) is 2. The Kier molecular flexibility index (Phi) is 8.00.